The van der Waals surface area contributed by atoms with Crippen molar-refractivity contribution in [1.82, 2.24) is 9.38 Å². The summed E-state index contributed by atoms with van der Waals surface area (Å²) >= 11 is 0. The van der Waals surface area contributed by atoms with Crippen molar-refractivity contribution in [3.63, 3.8) is 0 Å². The van der Waals surface area contributed by atoms with E-state index in [2.05, 4.69) is 78.1 Å². The summed E-state index contributed by atoms with van der Waals surface area (Å²) in [6, 6.07) is 25.1. The third-order valence-corrected chi connectivity index (χ3v) is 4.24. The Morgan fingerprint density at radius 1 is 0.750 bits per heavy atom. The van der Waals surface area contributed by atoms with Gasteiger partial charge in [0.25, 0.3) is 0 Å². The fraction of sp³-hybridized carbons (Fsp3) is 0.0952. The van der Waals surface area contributed by atoms with Gasteiger partial charge in [-0.05, 0) is 24.3 Å². The largest absolute Gasteiger partial charge is 0.378 e. The van der Waals surface area contributed by atoms with E-state index in [1.807, 2.05) is 24.3 Å². The van der Waals surface area contributed by atoms with Crippen LogP contribution in [0.5, 0.6) is 0 Å². The summed E-state index contributed by atoms with van der Waals surface area (Å²) < 4.78 is 2.16. The Balaban J connectivity index is 1.90. The molecule has 2 aromatic carbocycles. The van der Waals surface area contributed by atoms with Crippen LogP contribution >= 0.6 is 0 Å². The Morgan fingerprint density at radius 2 is 1.46 bits per heavy atom. The van der Waals surface area contributed by atoms with Crippen molar-refractivity contribution < 1.29 is 0 Å². The van der Waals surface area contributed by atoms with Gasteiger partial charge in [-0.3, -0.25) is 4.40 Å². The lowest BCUT2D eigenvalue weighted by Crippen LogP contribution is -2.07. The summed E-state index contributed by atoms with van der Waals surface area (Å²) in [5.41, 5.74) is 5.57. The number of fused-ring (bicyclic) bond motifs is 1. The highest BCUT2D eigenvalue weighted by Crippen LogP contribution is 2.30. The van der Waals surface area contributed by atoms with E-state index in [1.54, 1.807) is 0 Å². The average molecular weight is 313 g/mol. The SMILES string of the molecule is CN(C)c1ccc(-c2nc(-c3ccccc3)n3ccccc23)cc1. The Labute approximate surface area is 141 Å². The van der Waals surface area contributed by atoms with Crippen molar-refractivity contribution >= 4 is 11.2 Å². The summed E-state index contributed by atoms with van der Waals surface area (Å²) in [5.74, 6) is 0.970. The van der Waals surface area contributed by atoms with Crippen LogP contribution in [0.4, 0.5) is 5.69 Å². The molecule has 0 N–H and O–H groups in total. The van der Waals surface area contributed by atoms with Crippen molar-refractivity contribution in [2.75, 3.05) is 19.0 Å². The van der Waals surface area contributed by atoms with E-state index < -0.39 is 0 Å². The van der Waals surface area contributed by atoms with Gasteiger partial charge in [-0.1, -0.05) is 48.5 Å². The average Bonchev–Trinajstić information content (AvgIpc) is 3.02. The molecule has 118 valence electrons. The number of rotatable bonds is 3. The third kappa shape index (κ3) is 2.44. The normalized spacial score (nSPS) is 10.9. The molecule has 0 radical (unpaired) electrons. The molecule has 0 spiro atoms. The summed E-state index contributed by atoms with van der Waals surface area (Å²) in [6.45, 7) is 0. The van der Waals surface area contributed by atoms with Gasteiger partial charge in [0.2, 0.25) is 0 Å². The molecule has 24 heavy (non-hydrogen) atoms. The molecule has 0 bridgehead atoms. The predicted octanol–water partition coefficient (Wildman–Crippen LogP) is 4.73. The van der Waals surface area contributed by atoms with Gasteiger partial charge in [0.05, 0.1) is 11.2 Å². The Morgan fingerprint density at radius 3 is 2.17 bits per heavy atom. The molecule has 0 fully saturated rings. The van der Waals surface area contributed by atoms with E-state index in [-0.39, 0.29) is 0 Å². The summed E-state index contributed by atoms with van der Waals surface area (Å²) in [5, 5.41) is 0. The Hall–Kier alpha value is -3.07. The minimum Gasteiger partial charge on any atom is -0.378 e. The number of hydrogen-bond donors (Lipinski definition) is 0. The van der Waals surface area contributed by atoms with Gasteiger partial charge < -0.3 is 4.90 Å². The van der Waals surface area contributed by atoms with E-state index in [9.17, 15) is 0 Å². The van der Waals surface area contributed by atoms with Crippen LogP contribution in [0.3, 0.4) is 0 Å². The molecule has 4 aromatic rings. The van der Waals surface area contributed by atoms with Crippen molar-refractivity contribution in [3.05, 3.63) is 79.0 Å². The highest BCUT2D eigenvalue weighted by Gasteiger charge is 2.13. The first-order chi connectivity index (χ1) is 11.7. The number of aromatic nitrogens is 2. The van der Waals surface area contributed by atoms with Crippen molar-refractivity contribution in [2.45, 2.75) is 0 Å². The fourth-order valence-corrected chi connectivity index (χ4v) is 2.96. The van der Waals surface area contributed by atoms with Gasteiger partial charge in [0.1, 0.15) is 5.82 Å². The van der Waals surface area contributed by atoms with Gasteiger partial charge in [-0.25, -0.2) is 4.98 Å². The maximum Gasteiger partial charge on any atom is 0.145 e. The molecule has 0 saturated heterocycles. The Bertz CT molecular complexity index is 967. The molecule has 0 amide bonds. The van der Waals surface area contributed by atoms with E-state index in [1.165, 1.54) is 5.69 Å². The minimum atomic E-state index is 0.970. The molecule has 2 aromatic heterocycles. The molecule has 0 aliphatic carbocycles. The van der Waals surface area contributed by atoms with Crippen LogP contribution in [0.1, 0.15) is 0 Å². The van der Waals surface area contributed by atoms with Crippen molar-refractivity contribution in [2.24, 2.45) is 0 Å². The van der Waals surface area contributed by atoms with Gasteiger partial charge in [0, 0.05) is 37.1 Å². The molecule has 0 aliphatic heterocycles. The molecule has 0 atom stereocenters. The zero-order valence-corrected chi connectivity index (χ0v) is 13.8. The first kappa shape index (κ1) is 14.5. The molecule has 3 heteroatoms. The fourth-order valence-electron chi connectivity index (χ4n) is 2.96. The van der Waals surface area contributed by atoms with Crippen LogP contribution in [-0.4, -0.2) is 23.5 Å². The zero-order valence-electron chi connectivity index (χ0n) is 13.8. The predicted molar refractivity (Wildman–Crippen MR) is 100 cm³/mol. The molecular formula is C21H19N3. The van der Waals surface area contributed by atoms with Crippen molar-refractivity contribution in [1.29, 1.82) is 0 Å². The molecule has 0 aliphatic rings. The summed E-state index contributed by atoms with van der Waals surface area (Å²) in [6.07, 6.45) is 2.07. The number of hydrogen-bond acceptors (Lipinski definition) is 2. The number of benzene rings is 2. The van der Waals surface area contributed by atoms with E-state index >= 15 is 0 Å². The number of anilines is 1. The van der Waals surface area contributed by atoms with Crippen molar-refractivity contribution in [3.8, 4) is 22.6 Å². The first-order valence-corrected chi connectivity index (χ1v) is 8.04. The summed E-state index contributed by atoms with van der Waals surface area (Å²) in [7, 11) is 4.10. The topological polar surface area (TPSA) is 20.5 Å². The second kappa shape index (κ2) is 5.85. The Kier molecular flexibility index (Phi) is 3.54. The van der Waals surface area contributed by atoms with Crippen LogP contribution < -0.4 is 4.90 Å². The molecule has 0 saturated carbocycles. The third-order valence-electron chi connectivity index (χ3n) is 4.24. The van der Waals surface area contributed by atoms with Crippen LogP contribution in [0, 0.1) is 0 Å². The minimum absolute atomic E-state index is 0.970. The second-order valence-electron chi connectivity index (χ2n) is 6.05. The molecule has 2 heterocycles. The monoisotopic (exact) mass is 313 g/mol. The highest BCUT2D eigenvalue weighted by atomic mass is 15.1. The van der Waals surface area contributed by atoms with E-state index in [0.717, 1.165) is 28.2 Å². The van der Waals surface area contributed by atoms with Gasteiger partial charge in [-0.15, -0.1) is 0 Å². The first-order valence-electron chi connectivity index (χ1n) is 8.04. The maximum atomic E-state index is 4.95. The lowest BCUT2D eigenvalue weighted by Gasteiger charge is -2.12. The zero-order chi connectivity index (χ0) is 16.5. The lowest BCUT2D eigenvalue weighted by atomic mass is 10.1. The number of pyridine rings is 1. The quantitative estimate of drug-likeness (QED) is 0.545. The smallest absolute Gasteiger partial charge is 0.145 e. The van der Waals surface area contributed by atoms with Gasteiger partial charge in [0.15, 0.2) is 0 Å². The lowest BCUT2D eigenvalue weighted by molar-refractivity contribution is 1.13. The van der Waals surface area contributed by atoms with Crippen LogP contribution in [-0.2, 0) is 0 Å². The van der Waals surface area contributed by atoms with E-state index in [4.69, 9.17) is 4.98 Å². The van der Waals surface area contributed by atoms with Crippen LogP contribution in [0.15, 0.2) is 79.0 Å². The standard InChI is InChI=1S/C21H19N3/c1-23(2)18-13-11-16(12-14-18)20-19-10-6-7-15-24(19)21(22-20)17-8-4-3-5-9-17/h3-15H,1-2H3. The van der Waals surface area contributed by atoms with Crippen LogP contribution in [0.25, 0.3) is 28.2 Å². The number of nitrogens with zero attached hydrogens (tertiary/aromatic N) is 3. The molecule has 3 nitrogen and oxygen atoms in total. The highest BCUT2D eigenvalue weighted by molar-refractivity contribution is 5.82. The summed E-state index contributed by atoms with van der Waals surface area (Å²) in [4.78, 5) is 7.06. The van der Waals surface area contributed by atoms with Gasteiger partial charge in [-0.2, -0.15) is 0 Å². The molecule has 0 unspecified atom stereocenters. The number of imidazole rings is 1. The van der Waals surface area contributed by atoms with Crippen LogP contribution in [0.2, 0.25) is 0 Å². The van der Waals surface area contributed by atoms with Gasteiger partial charge >= 0.3 is 0 Å². The van der Waals surface area contributed by atoms with E-state index in [0.29, 0.717) is 0 Å². The molecular weight excluding hydrogens is 294 g/mol. The molecule has 4 rings (SSSR count). The maximum absolute atomic E-state index is 4.95. The second-order valence-corrected chi connectivity index (χ2v) is 6.05.